The molecule has 132 valence electrons. The van der Waals surface area contributed by atoms with Crippen LogP contribution in [0.15, 0.2) is 30.3 Å². The largest absolute Gasteiger partial charge is 0.356 e. The zero-order valence-corrected chi connectivity index (χ0v) is 15.3. The summed E-state index contributed by atoms with van der Waals surface area (Å²) in [4.78, 5) is 11.4. The molecule has 0 atom stereocenters. The van der Waals surface area contributed by atoms with Crippen molar-refractivity contribution in [2.45, 2.75) is 45.6 Å². The molecule has 4 rings (SSSR count). The van der Waals surface area contributed by atoms with Crippen molar-refractivity contribution in [3.8, 4) is 0 Å². The van der Waals surface area contributed by atoms with Crippen LogP contribution in [0, 0.1) is 19.8 Å². The average Bonchev–Trinajstić information content (AvgIpc) is 3.02. The fourth-order valence-corrected chi connectivity index (χ4v) is 4.30. The van der Waals surface area contributed by atoms with Crippen LogP contribution in [0.5, 0.6) is 0 Å². The van der Waals surface area contributed by atoms with Crippen LogP contribution in [-0.2, 0) is 12.8 Å². The summed E-state index contributed by atoms with van der Waals surface area (Å²) in [6.45, 7) is 7.33. The van der Waals surface area contributed by atoms with Crippen LogP contribution in [0.2, 0.25) is 0 Å². The fourth-order valence-electron chi connectivity index (χ4n) is 4.30. The number of nitrogens with zero attached hydrogens (tertiary/aromatic N) is 3. The van der Waals surface area contributed by atoms with Gasteiger partial charge >= 0.3 is 0 Å². The summed E-state index contributed by atoms with van der Waals surface area (Å²) in [6.07, 6.45) is 4.87. The van der Waals surface area contributed by atoms with E-state index in [1.807, 2.05) is 13.8 Å². The van der Waals surface area contributed by atoms with Gasteiger partial charge in [0.1, 0.15) is 11.6 Å². The molecule has 1 aromatic carbocycles. The minimum absolute atomic E-state index is 0.643. The monoisotopic (exact) mass is 336 g/mol. The van der Waals surface area contributed by atoms with Gasteiger partial charge in [0.05, 0.1) is 0 Å². The van der Waals surface area contributed by atoms with Crippen molar-refractivity contribution in [1.29, 1.82) is 0 Å². The summed E-state index contributed by atoms with van der Waals surface area (Å²) in [7, 11) is 0. The highest BCUT2D eigenvalue weighted by atomic mass is 15.2. The first-order valence-corrected chi connectivity index (χ1v) is 9.55. The number of hydrogen-bond acceptors (Lipinski definition) is 4. The number of nitrogens with one attached hydrogen (secondary N) is 1. The molecular formula is C21H28N4. The Hall–Kier alpha value is -1.94. The number of rotatable bonds is 4. The molecule has 0 bridgehead atoms. The smallest absolute Gasteiger partial charge is 0.132 e. The van der Waals surface area contributed by atoms with Crippen molar-refractivity contribution in [1.82, 2.24) is 15.3 Å². The lowest BCUT2D eigenvalue weighted by Crippen LogP contribution is -2.44. The Morgan fingerprint density at radius 1 is 1.04 bits per heavy atom. The van der Waals surface area contributed by atoms with Crippen molar-refractivity contribution in [3.05, 3.63) is 53.0 Å². The Bertz CT molecular complexity index is 689. The third kappa shape index (κ3) is 3.84. The lowest BCUT2D eigenvalue weighted by Gasteiger charge is -2.34. The number of aryl methyl sites for hydroxylation is 2. The van der Waals surface area contributed by atoms with E-state index in [2.05, 4.69) is 50.5 Å². The van der Waals surface area contributed by atoms with Gasteiger partial charge in [0, 0.05) is 30.9 Å². The molecule has 1 fully saturated rings. The molecule has 0 saturated carbocycles. The van der Waals surface area contributed by atoms with Gasteiger partial charge in [0.2, 0.25) is 0 Å². The predicted molar refractivity (Wildman–Crippen MR) is 102 cm³/mol. The zero-order valence-electron chi connectivity index (χ0n) is 15.3. The van der Waals surface area contributed by atoms with Crippen LogP contribution in [0.1, 0.15) is 35.5 Å². The number of piperidine rings is 1. The fraction of sp³-hybridized carbons (Fsp3) is 0.524. The molecule has 2 aliphatic rings. The summed E-state index contributed by atoms with van der Waals surface area (Å²) in [5, 5.41) is 3.83. The van der Waals surface area contributed by atoms with Crippen molar-refractivity contribution in [2.24, 2.45) is 5.92 Å². The Labute approximate surface area is 150 Å². The highest BCUT2D eigenvalue weighted by molar-refractivity contribution is 5.40. The molecule has 1 aliphatic carbocycles. The number of hydrogen-bond donors (Lipinski definition) is 1. The Morgan fingerprint density at radius 2 is 1.72 bits per heavy atom. The maximum Gasteiger partial charge on any atom is 0.132 e. The zero-order chi connectivity index (χ0) is 17.2. The molecule has 25 heavy (non-hydrogen) atoms. The second-order valence-corrected chi connectivity index (χ2v) is 7.63. The van der Waals surface area contributed by atoms with Gasteiger partial charge in [-0.1, -0.05) is 24.3 Å². The molecular weight excluding hydrogens is 308 g/mol. The molecule has 1 aliphatic heterocycles. The summed E-state index contributed by atoms with van der Waals surface area (Å²) < 4.78 is 0. The minimum atomic E-state index is 0.643. The molecule has 1 N–H and O–H groups in total. The van der Waals surface area contributed by atoms with Gasteiger partial charge < -0.3 is 10.2 Å². The second kappa shape index (κ2) is 7.12. The quantitative estimate of drug-likeness (QED) is 0.932. The molecule has 0 spiro atoms. The van der Waals surface area contributed by atoms with Gasteiger partial charge in [0.25, 0.3) is 0 Å². The predicted octanol–water partition coefficient (Wildman–Crippen LogP) is 3.07. The van der Waals surface area contributed by atoms with E-state index < -0.39 is 0 Å². The summed E-state index contributed by atoms with van der Waals surface area (Å²) in [5.74, 6) is 2.73. The standard InChI is InChI=1S/C21H28N4/c1-15-11-21(24-16(2)23-15)25-9-7-20(8-10-25)22-14-17-12-18-5-3-4-6-19(18)13-17/h3-6,11,17,20,22H,7-10,12-14H2,1-2H3. The number of benzene rings is 1. The lowest BCUT2D eigenvalue weighted by atomic mass is 10.0. The first-order valence-electron chi connectivity index (χ1n) is 9.55. The van der Waals surface area contributed by atoms with Gasteiger partial charge in [-0.15, -0.1) is 0 Å². The van der Waals surface area contributed by atoms with Gasteiger partial charge in [-0.2, -0.15) is 0 Å². The van der Waals surface area contributed by atoms with Gasteiger partial charge in [-0.05, 0) is 63.1 Å². The highest BCUT2D eigenvalue weighted by Gasteiger charge is 2.24. The van der Waals surface area contributed by atoms with E-state index in [0.29, 0.717) is 6.04 Å². The van der Waals surface area contributed by atoms with E-state index in [9.17, 15) is 0 Å². The Kier molecular flexibility index (Phi) is 4.71. The summed E-state index contributed by atoms with van der Waals surface area (Å²) in [6, 6.07) is 11.7. The van der Waals surface area contributed by atoms with Crippen LogP contribution in [0.3, 0.4) is 0 Å². The Balaban J connectivity index is 1.26. The minimum Gasteiger partial charge on any atom is -0.356 e. The lowest BCUT2D eigenvalue weighted by molar-refractivity contribution is 0.378. The number of aromatic nitrogens is 2. The van der Waals surface area contributed by atoms with E-state index in [-0.39, 0.29) is 0 Å². The molecule has 2 heterocycles. The van der Waals surface area contributed by atoms with Crippen molar-refractivity contribution in [2.75, 3.05) is 24.5 Å². The third-order valence-electron chi connectivity index (χ3n) is 5.60. The van der Waals surface area contributed by atoms with Crippen LogP contribution >= 0.6 is 0 Å². The first kappa shape index (κ1) is 16.5. The SMILES string of the molecule is Cc1cc(N2CCC(NCC3Cc4ccccc4C3)CC2)nc(C)n1. The van der Waals surface area contributed by atoms with Crippen LogP contribution < -0.4 is 10.2 Å². The van der Waals surface area contributed by atoms with E-state index in [1.54, 1.807) is 11.1 Å². The average molecular weight is 336 g/mol. The molecule has 0 amide bonds. The van der Waals surface area contributed by atoms with Gasteiger partial charge in [0.15, 0.2) is 0 Å². The van der Waals surface area contributed by atoms with E-state index in [1.165, 1.54) is 25.7 Å². The molecule has 2 aromatic rings. The second-order valence-electron chi connectivity index (χ2n) is 7.63. The van der Waals surface area contributed by atoms with E-state index in [0.717, 1.165) is 42.9 Å². The highest BCUT2D eigenvalue weighted by Crippen LogP contribution is 2.26. The van der Waals surface area contributed by atoms with Gasteiger partial charge in [-0.25, -0.2) is 9.97 Å². The molecule has 1 aromatic heterocycles. The normalized spacial score (nSPS) is 18.6. The summed E-state index contributed by atoms with van der Waals surface area (Å²) >= 11 is 0. The van der Waals surface area contributed by atoms with Crippen LogP contribution in [0.4, 0.5) is 5.82 Å². The Morgan fingerprint density at radius 3 is 2.36 bits per heavy atom. The van der Waals surface area contributed by atoms with Crippen molar-refractivity contribution in [3.63, 3.8) is 0 Å². The number of fused-ring (bicyclic) bond motifs is 1. The number of anilines is 1. The molecule has 4 heteroatoms. The molecule has 1 saturated heterocycles. The topological polar surface area (TPSA) is 41.0 Å². The van der Waals surface area contributed by atoms with Crippen LogP contribution in [0.25, 0.3) is 0 Å². The maximum atomic E-state index is 4.61. The van der Waals surface area contributed by atoms with Crippen molar-refractivity contribution < 1.29 is 0 Å². The molecule has 4 nitrogen and oxygen atoms in total. The van der Waals surface area contributed by atoms with Gasteiger partial charge in [-0.3, -0.25) is 0 Å². The van der Waals surface area contributed by atoms with E-state index >= 15 is 0 Å². The third-order valence-corrected chi connectivity index (χ3v) is 5.60. The van der Waals surface area contributed by atoms with Crippen LogP contribution in [-0.4, -0.2) is 35.6 Å². The van der Waals surface area contributed by atoms with Crippen molar-refractivity contribution >= 4 is 5.82 Å². The molecule has 0 radical (unpaired) electrons. The first-order chi connectivity index (χ1) is 12.2. The summed E-state index contributed by atoms with van der Waals surface area (Å²) in [5.41, 5.74) is 4.17. The molecule has 0 unspecified atom stereocenters. The maximum absolute atomic E-state index is 4.61. The van der Waals surface area contributed by atoms with E-state index in [4.69, 9.17) is 0 Å².